The summed E-state index contributed by atoms with van der Waals surface area (Å²) >= 11 is 6.13. The molecule has 5 heteroatoms. The summed E-state index contributed by atoms with van der Waals surface area (Å²) < 4.78 is 7.81. The lowest BCUT2D eigenvalue weighted by atomic mass is 10.0. The van der Waals surface area contributed by atoms with Crippen LogP contribution in [0.1, 0.15) is 11.3 Å². The van der Waals surface area contributed by atoms with Crippen molar-refractivity contribution in [2.75, 3.05) is 26.3 Å². The minimum absolute atomic E-state index is 0.736. The molecule has 4 aromatic rings. The minimum Gasteiger partial charge on any atom is -0.379 e. The molecule has 0 saturated carbocycles. The summed E-state index contributed by atoms with van der Waals surface area (Å²) in [6, 6.07) is 20.7. The molecule has 0 bridgehead atoms. The number of ether oxygens (including phenoxy) is 1. The van der Waals surface area contributed by atoms with E-state index in [0.29, 0.717) is 0 Å². The molecular weight excluding hydrogens is 394 g/mol. The van der Waals surface area contributed by atoms with E-state index in [0.717, 1.165) is 54.8 Å². The molecule has 3 heterocycles. The SMILES string of the molecule is Cc1cc2nc(-c3ccc(Cl)cc3)c(CN3CCOCC3)n2cc1-c1ccccc1. The van der Waals surface area contributed by atoms with Crippen molar-refractivity contribution in [1.82, 2.24) is 14.3 Å². The Balaban J connectivity index is 1.68. The Morgan fingerprint density at radius 2 is 1.70 bits per heavy atom. The predicted octanol–water partition coefficient (Wildman–Crippen LogP) is 5.46. The molecule has 0 atom stereocenters. The quantitative estimate of drug-likeness (QED) is 0.441. The Labute approximate surface area is 181 Å². The van der Waals surface area contributed by atoms with Gasteiger partial charge >= 0.3 is 0 Å². The number of imidazole rings is 1. The number of aromatic nitrogens is 2. The number of nitrogens with zero attached hydrogens (tertiary/aromatic N) is 3. The Hall–Kier alpha value is -2.66. The van der Waals surface area contributed by atoms with Crippen LogP contribution in [0.25, 0.3) is 28.0 Å². The smallest absolute Gasteiger partial charge is 0.138 e. The first-order valence-corrected chi connectivity index (χ1v) is 10.7. The third kappa shape index (κ3) is 3.74. The minimum atomic E-state index is 0.736. The van der Waals surface area contributed by atoms with Crippen molar-refractivity contribution < 1.29 is 4.74 Å². The molecule has 1 aliphatic heterocycles. The van der Waals surface area contributed by atoms with Crippen molar-refractivity contribution in [3.05, 3.63) is 83.1 Å². The van der Waals surface area contributed by atoms with Crippen LogP contribution >= 0.6 is 11.6 Å². The van der Waals surface area contributed by atoms with Crippen molar-refractivity contribution in [3.8, 4) is 22.4 Å². The first-order valence-electron chi connectivity index (χ1n) is 10.3. The second-order valence-electron chi connectivity index (χ2n) is 7.77. The fraction of sp³-hybridized carbons (Fsp3) is 0.240. The van der Waals surface area contributed by atoms with Gasteiger partial charge in [-0.05, 0) is 36.2 Å². The zero-order chi connectivity index (χ0) is 20.5. The number of aryl methyl sites for hydroxylation is 1. The zero-order valence-corrected chi connectivity index (χ0v) is 17.8. The van der Waals surface area contributed by atoms with Crippen LogP contribution in [0.5, 0.6) is 0 Å². The van der Waals surface area contributed by atoms with Crippen LogP contribution in [0.2, 0.25) is 5.02 Å². The van der Waals surface area contributed by atoms with Gasteiger partial charge in [0, 0.05) is 42.0 Å². The van der Waals surface area contributed by atoms with E-state index in [1.807, 2.05) is 12.1 Å². The van der Waals surface area contributed by atoms with Gasteiger partial charge in [-0.3, -0.25) is 4.90 Å². The number of benzene rings is 2. The number of morpholine rings is 1. The van der Waals surface area contributed by atoms with E-state index < -0.39 is 0 Å². The summed E-state index contributed by atoms with van der Waals surface area (Å²) in [5.41, 5.74) is 7.95. The number of hydrogen-bond acceptors (Lipinski definition) is 3. The van der Waals surface area contributed by atoms with Crippen LogP contribution in [-0.2, 0) is 11.3 Å². The van der Waals surface area contributed by atoms with E-state index in [4.69, 9.17) is 21.3 Å². The number of hydrogen-bond donors (Lipinski definition) is 0. The molecule has 0 unspecified atom stereocenters. The van der Waals surface area contributed by atoms with Gasteiger partial charge in [-0.15, -0.1) is 0 Å². The van der Waals surface area contributed by atoms with Gasteiger partial charge in [0.05, 0.1) is 24.6 Å². The molecule has 5 rings (SSSR count). The molecule has 152 valence electrons. The average molecular weight is 418 g/mol. The zero-order valence-electron chi connectivity index (χ0n) is 17.0. The highest BCUT2D eigenvalue weighted by Gasteiger charge is 2.20. The van der Waals surface area contributed by atoms with Gasteiger partial charge in [0.25, 0.3) is 0 Å². The summed E-state index contributed by atoms with van der Waals surface area (Å²) in [5, 5.41) is 0.736. The lowest BCUT2D eigenvalue weighted by molar-refractivity contribution is 0.0336. The molecule has 2 aromatic carbocycles. The van der Waals surface area contributed by atoms with Gasteiger partial charge < -0.3 is 9.14 Å². The number of rotatable bonds is 4. The fourth-order valence-electron chi connectivity index (χ4n) is 4.11. The van der Waals surface area contributed by atoms with Crippen LogP contribution in [-0.4, -0.2) is 40.6 Å². The molecule has 0 amide bonds. The molecule has 4 nitrogen and oxygen atoms in total. The summed E-state index contributed by atoms with van der Waals surface area (Å²) in [6.45, 7) is 6.42. The molecule has 1 aliphatic rings. The highest BCUT2D eigenvalue weighted by Crippen LogP contribution is 2.31. The van der Waals surface area contributed by atoms with Gasteiger partial charge in [0.1, 0.15) is 5.65 Å². The molecule has 0 radical (unpaired) electrons. The Morgan fingerprint density at radius 1 is 0.967 bits per heavy atom. The molecule has 30 heavy (non-hydrogen) atoms. The summed E-state index contributed by atoms with van der Waals surface area (Å²) in [7, 11) is 0. The van der Waals surface area contributed by atoms with Gasteiger partial charge in [-0.25, -0.2) is 4.98 Å². The van der Waals surface area contributed by atoms with Crippen molar-refractivity contribution in [2.45, 2.75) is 13.5 Å². The van der Waals surface area contributed by atoms with E-state index in [2.05, 4.69) is 71.0 Å². The Kier molecular flexibility index (Phi) is 5.30. The molecular formula is C25H24ClN3O. The van der Waals surface area contributed by atoms with Crippen LogP contribution < -0.4 is 0 Å². The molecule has 1 saturated heterocycles. The van der Waals surface area contributed by atoms with Gasteiger partial charge in [0.15, 0.2) is 0 Å². The van der Waals surface area contributed by atoms with E-state index >= 15 is 0 Å². The van der Waals surface area contributed by atoms with Crippen molar-refractivity contribution in [1.29, 1.82) is 0 Å². The predicted molar refractivity (Wildman–Crippen MR) is 122 cm³/mol. The Morgan fingerprint density at radius 3 is 2.43 bits per heavy atom. The number of fused-ring (bicyclic) bond motifs is 1. The standard InChI is InChI=1S/C25H24ClN3O/c1-18-15-24-27-25(20-7-9-21(26)10-8-20)23(17-28-11-13-30-14-12-28)29(24)16-22(18)19-5-3-2-4-6-19/h2-10,15-16H,11-14,17H2,1H3. The number of halogens is 1. The lowest BCUT2D eigenvalue weighted by Gasteiger charge is -2.26. The lowest BCUT2D eigenvalue weighted by Crippen LogP contribution is -2.36. The van der Waals surface area contributed by atoms with Crippen LogP contribution in [0.15, 0.2) is 66.9 Å². The van der Waals surface area contributed by atoms with Crippen LogP contribution in [0.4, 0.5) is 0 Å². The van der Waals surface area contributed by atoms with E-state index in [1.165, 1.54) is 22.4 Å². The molecule has 2 aromatic heterocycles. The molecule has 1 fully saturated rings. The maximum absolute atomic E-state index is 6.13. The van der Waals surface area contributed by atoms with E-state index in [1.54, 1.807) is 0 Å². The first kappa shape index (κ1) is 19.3. The molecule has 0 N–H and O–H groups in total. The van der Waals surface area contributed by atoms with Crippen molar-refractivity contribution in [3.63, 3.8) is 0 Å². The largest absolute Gasteiger partial charge is 0.379 e. The van der Waals surface area contributed by atoms with E-state index in [-0.39, 0.29) is 0 Å². The maximum atomic E-state index is 6.13. The topological polar surface area (TPSA) is 29.8 Å². The monoisotopic (exact) mass is 417 g/mol. The normalized spacial score (nSPS) is 15.0. The van der Waals surface area contributed by atoms with Crippen molar-refractivity contribution >= 4 is 17.2 Å². The van der Waals surface area contributed by atoms with Crippen LogP contribution in [0, 0.1) is 6.92 Å². The second kappa shape index (κ2) is 8.23. The van der Waals surface area contributed by atoms with E-state index in [9.17, 15) is 0 Å². The number of pyridine rings is 1. The summed E-state index contributed by atoms with van der Waals surface area (Å²) in [4.78, 5) is 7.47. The van der Waals surface area contributed by atoms with Crippen LogP contribution in [0.3, 0.4) is 0 Å². The average Bonchev–Trinajstić information content (AvgIpc) is 3.12. The fourth-order valence-corrected chi connectivity index (χ4v) is 4.24. The third-order valence-corrected chi connectivity index (χ3v) is 6.00. The highest BCUT2D eigenvalue weighted by molar-refractivity contribution is 6.30. The first-order chi connectivity index (χ1) is 14.7. The summed E-state index contributed by atoms with van der Waals surface area (Å²) in [6.07, 6.45) is 2.24. The third-order valence-electron chi connectivity index (χ3n) is 5.75. The van der Waals surface area contributed by atoms with Gasteiger partial charge in [-0.1, -0.05) is 54.1 Å². The molecule has 0 aliphatic carbocycles. The Bertz CT molecular complexity index is 1160. The van der Waals surface area contributed by atoms with Gasteiger partial charge in [0.2, 0.25) is 0 Å². The maximum Gasteiger partial charge on any atom is 0.138 e. The molecule has 0 spiro atoms. The summed E-state index contributed by atoms with van der Waals surface area (Å²) in [5.74, 6) is 0. The second-order valence-corrected chi connectivity index (χ2v) is 8.20. The highest BCUT2D eigenvalue weighted by atomic mass is 35.5. The van der Waals surface area contributed by atoms with Gasteiger partial charge in [-0.2, -0.15) is 0 Å². The van der Waals surface area contributed by atoms with Crippen molar-refractivity contribution in [2.24, 2.45) is 0 Å².